The van der Waals surface area contributed by atoms with Crippen LogP contribution >= 0.6 is 11.6 Å². The Morgan fingerprint density at radius 1 is 1.17 bits per heavy atom. The van der Waals surface area contributed by atoms with Crippen LogP contribution in [0.4, 0.5) is 0 Å². The van der Waals surface area contributed by atoms with Crippen molar-refractivity contribution in [2.24, 2.45) is 0 Å². The summed E-state index contributed by atoms with van der Waals surface area (Å²) in [4.78, 5) is 12.6. The minimum absolute atomic E-state index is 0.0449. The van der Waals surface area contributed by atoms with Gasteiger partial charge in [-0.2, -0.15) is 9.57 Å². The van der Waals surface area contributed by atoms with Gasteiger partial charge in [-0.25, -0.2) is 13.2 Å². The molecular formula is C19H17ClN2O6S. The number of methoxy groups -OCH3 is 1. The van der Waals surface area contributed by atoms with Gasteiger partial charge in [-0.15, -0.1) is 0 Å². The SMILES string of the molecule is COc1cc(C#N)ccc1OC(=O)c1cc(S(=O)(=O)N2CCOCC2)ccc1Cl. The van der Waals surface area contributed by atoms with Gasteiger partial charge in [-0.1, -0.05) is 11.6 Å². The van der Waals surface area contributed by atoms with Crippen LogP contribution < -0.4 is 9.47 Å². The Kier molecular flexibility index (Phi) is 6.39. The number of rotatable bonds is 5. The molecule has 1 heterocycles. The minimum atomic E-state index is -3.80. The maximum Gasteiger partial charge on any atom is 0.345 e. The van der Waals surface area contributed by atoms with Crippen LogP contribution in [-0.2, 0) is 14.8 Å². The topological polar surface area (TPSA) is 106 Å². The van der Waals surface area contributed by atoms with Crippen molar-refractivity contribution in [2.45, 2.75) is 4.90 Å². The third-order valence-electron chi connectivity index (χ3n) is 4.26. The van der Waals surface area contributed by atoms with Crippen molar-refractivity contribution in [1.82, 2.24) is 4.31 Å². The molecule has 1 saturated heterocycles. The molecule has 0 saturated carbocycles. The Morgan fingerprint density at radius 2 is 1.90 bits per heavy atom. The molecule has 2 aromatic rings. The lowest BCUT2D eigenvalue weighted by Crippen LogP contribution is -2.40. The van der Waals surface area contributed by atoms with Crippen molar-refractivity contribution in [3.63, 3.8) is 0 Å². The van der Waals surface area contributed by atoms with Crippen LogP contribution in [0.2, 0.25) is 5.02 Å². The van der Waals surface area contributed by atoms with Gasteiger partial charge in [0.2, 0.25) is 10.0 Å². The number of nitrogens with zero attached hydrogens (tertiary/aromatic N) is 2. The number of ether oxygens (including phenoxy) is 3. The van der Waals surface area contributed by atoms with E-state index in [1.165, 1.54) is 47.8 Å². The first-order valence-corrected chi connectivity index (χ1v) is 10.4. The molecule has 0 N–H and O–H groups in total. The first-order chi connectivity index (χ1) is 13.9. The predicted octanol–water partition coefficient (Wildman–Crippen LogP) is 2.46. The fraction of sp³-hybridized carbons (Fsp3) is 0.263. The average molecular weight is 437 g/mol. The lowest BCUT2D eigenvalue weighted by molar-refractivity contribution is 0.0725. The van der Waals surface area contributed by atoms with E-state index in [2.05, 4.69) is 0 Å². The lowest BCUT2D eigenvalue weighted by atomic mass is 10.2. The van der Waals surface area contributed by atoms with E-state index in [-0.39, 0.29) is 40.1 Å². The highest BCUT2D eigenvalue weighted by Gasteiger charge is 2.28. The predicted molar refractivity (Wildman–Crippen MR) is 104 cm³/mol. The quantitative estimate of drug-likeness (QED) is 0.523. The standard InChI is InChI=1S/C19H17ClN2O6S/c1-26-18-10-13(12-21)2-5-17(18)28-19(23)15-11-14(3-4-16(15)20)29(24,25)22-6-8-27-9-7-22/h2-5,10-11H,6-9H2,1H3. The van der Waals surface area contributed by atoms with Gasteiger partial charge in [0.1, 0.15) is 0 Å². The summed E-state index contributed by atoms with van der Waals surface area (Å²) in [6.45, 7) is 1.07. The van der Waals surface area contributed by atoms with Crippen LogP contribution in [0.5, 0.6) is 11.5 Å². The molecule has 29 heavy (non-hydrogen) atoms. The summed E-state index contributed by atoms with van der Waals surface area (Å²) in [6.07, 6.45) is 0. The molecule has 0 spiro atoms. The van der Waals surface area contributed by atoms with Crippen LogP contribution in [0.25, 0.3) is 0 Å². The van der Waals surface area contributed by atoms with Gasteiger partial charge in [0.15, 0.2) is 11.5 Å². The second kappa shape index (κ2) is 8.80. The monoisotopic (exact) mass is 436 g/mol. The summed E-state index contributed by atoms with van der Waals surface area (Å²) in [5.41, 5.74) is 0.227. The van der Waals surface area contributed by atoms with E-state index >= 15 is 0 Å². The molecule has 0 atom stereocenters. The van der Waals surface area contributed by atoms with Crippen LogP contribution in [-0.4, -0.2) is 52.1 Å². The third-order valence-corrected chi connectivity index (χ3v) is 6.49. The highest BCUT2D eigenvalue weighted by Crippen LogP contribution is 2.30. The Labute approximate surface area is 173 Å². The van der Waals surface area contributed by atoms with Crippen molar-refractivity contribution in [1.29, 1.82) is 5.26 Å². The van der Waals surface area contributed by atoms with E-state index in [0.717, 1.165) is 0 Å². The van der Waals surface area contributed by atoms with E-state index in [1.807, 2.05) is 6.07 Å². The van der Waals surface area contributed by atoms with E-state index in [9.17, 15) is 13.2 Å². The number of esters is 1. The van der Waals surface area contributed by atoms with E-state index in [4.69, 9.17) is 31.1 Å². The zero-order valence-corrected chi connectivity index (χ0v) is 17.0. The van der Waals surface area contributed by atoms with Crippen molar-refractivity contribution in [3.8, 4) is 17.6 Å². The Morgan fingerprint density at radius 3 is 2.55 bits per heavy atom. The number of hydrogen-bond acceptors (Lipinski definition) is 7. The fourth-order valence-corrected chi connectivity index (χ4v) is 4.36. The Bertz CT molecular complexity index is 1070. The molecule has 0 aliphatic carbocycles. The summed E-state index contributed by atoms with van der Waals surface area (Å²) >= 11 is 6.11. The van der Waals surface area contributed by atoms with Crippen molar-refractivity contribution < 1.29 is 27.4 Å². The molecule has 3 rings (SSSR count). The lowest BCUT2D eigenvalue weighted by Gasteiger charge is -2.26. The number of carbonyl (C=O) groups excluding carboxylic acids is 1. The number of hydrogen-bond donors (Lipinski definition) is 0. The van der Waals surface area contributed by atoms with E-state index in [0.29, 0.717) is 18.8 Å². The molecule has 0 bridgehead atoms. The molecule has 8 nitrogen and oxygen atoms in total. The van der Waals surface area contributed by atoms with Crippen LogP contribution in [0.3, 0.4) is 0 Å². The highest BCUT2D eigenvalue weighted by molar-refractivity contribution is 7.89. The molecule has 2 aromatic carbocycles. The molecule has 0 amide bonds. The molecule has 0 aromatic heterocycles. The largest absolute Gasteiger partial charge is 0.493 e. The highest BCUT2D eigenvalue weighted by atomic mass is 35.5. The summed E-state index contributed by atoms with van der Waals surface area (Å²) in [5, 5.41) is 9.00. The van der Waals surface area contributed by atoms with E-state index in [1.54, 1.807) is 0 Å². The minimum Gasteiger partial charge on any atom is -0.493 e. The summed E-state index contributed by atoms with van der Waals surface area (Å²) < 4.78 is 42.6. The number of halogens is 1. The summed E-state index contributed by atoms with van der Waals surface area (Å²) in [7, 11) is -2.43. The van der Waals surface area contributed by atoms with Crippen LogP contribution in [0.15, 0.2) is 41.3 Å². The van der Waals surface area contributed by atoms with Gasteiger partial charge in [-0.3, -0.25) is 0 Å². The average Bonchev–Trinajstić information content (AvgIpc) is 2.74. The maximum absolute atomic E-state index is 12.8. The number of morpholine rings is 1. The number of benzene rings is 2. The first-order valence-electron chi connectivity index (χ1n) is 8.54. The van der Waals surface area contributed by atoms with Crippen molar-refractivity contribution in [2.75, 3.05) is 33.4 Å². The fourth-order valence-electron chi connectivity index (χ4n) is 2.73. The van der Waals surface area contributed by atoms with Gasteiger partial charge >= 0.3 is 5.97 Å². The van der Waals surface area contributed by atoms with Gasteiger partial charge in [0, 0.05) is 19.2 Å². The molecule has 10 heteroatoms. The Balaban J connectivity index is 1.90. The summed E-state index contributed by atoms with van der Waals surface area (Å²) in [6, 6.07) is 10.1. The maximum atomic E-state index is 12.8. The van der Waals surface area contributed by atoms with Gasteiger partial charge in [0.05, 0.1) is 47.4 Å². The second-order valence-electron chi connectivity index (χ2n) is 6.03. The van der Waals surface area contributed by atoms with Gasteiger partial charge < -0.3 is 14.2 Å². The normalized spacial score (nSPS) is 14.8. The smallest absolute Gasteiger partial charge is 0.345 e. The van der Waals surface area contributed by atoms with E-state index < -0.39 is 16.0 Å². The molecule has 152 valence electrons. The molecule has 1 aliphatic rings. The molecular weight excluding hydrogens is 420 g/mol. The zero-order chi connectivity index (χ0) is 21.0. The number of carbonyl (C=O) groups is 1. The number of sulfonamides is 1. The zero-order valence-electron chi connectivity index (χ0n) is 15.4. The molecule has 0 unspecified atom stereocenters. The Hall–Kier alpha value is -2.64. The van der Waals surface area contributed by atoms with Crippen molar-refractivity contribution in [3.05, 3.63) is 52.5 Å². The molecule has 1 aliphatic heterocycles. The number of nitriles is 1. The van der Waals surface area contributed by atoms with Crippen LogP contribution in [0.1, 0.15) is 15.9 Å². The van der Waals surface area contributed by atoms with Gasteiger partial charge in [-0.05, 0) is 30.3 Å². The summed E-state index contributed by atoms with van der Waals surface area (Å²) in [5.74, 6) is -0.586. The molecule has 1 fully saturated rings. The van der Waals surface area contributed by atoms with Crippen molar-refractivity contribution >= 4 is 27.6 Å². The first kappa shape index (κ1) is 21.1. The third kappa shape index (κ3) is 4.52. The van der Waals surface area contributed by atoms with Crippen LogP contribution in [0, 0.1) is 11.3 Å². The second-order valence-corrected chi connectivity index (χ2v) is 8.37. The van der Waals surface area contributed by atoms with Gasteiger partial charge in [0.25, 0.3) is 0 Å². The molecule has 0 radical (unpaired) electrons.